The molecular weight excluding hydrogens is 354 g/mol. The third-order valence-electron chi connectivity index (χ3n) is 4.92. The number of hydrogen-bond donors (Lipinski definition) is 1. The van der Waals surface area contributed by atoms with Crippen molar-refractivity contribution >= 4 is 11.8 Å². The fraction of sp³-hybridized carbons (Fsp3) is 0.478. The third kappa shape index (κ3) is 4.13. The Kier molecular flexibility index (Phi) is 5.92. The molecule has 1 aromatic rings. The van der Waals surface area contributed by atoms with Gasteiger partial charge in [0.15, 0.2) is 5.78 Å². The van der Waals surface area contributed by atoms with Crippen LogP contribution in [0.4, 0.5) is 0 Å². The van der Waals surface area contributed by atoms with Crippen molar-refractivity contribution in [2.75, 3.05) is 0 Å². The van der Waals surface area contributed by atoms with Gasteiger partial charge in [-0.15, -0.1) is 0 Å². The fourth-order valence-corrected chi connectivity index (χ4v) is 3.88. The Morgan fingerprint density at radius 3 is 2.36 bits per heavy atom. The van der Waals surface area contributed by atoms with Crippen molar-refractivity contribution in [2.45, 2.75) is 72.0 Å². The molecule has 1 heterocycles. The highest BCUT2D eigenvalue weighted by Gasteiger charge is 2.39. The lowest BCUT2D eigenvalue weighted by Crippen LogP contribution is -2.34. The molecule has 0 fully saturated rings. The molecule has 1 N–H and O–H groups in total. The van der Waals surface area contributed by atoms with Crippen molar-refractivity contribution in [2.24, 2.45) is 0 Å². The molecule has 0 saturated heterocycles. The Balaban J connectivity index is 2.06. The first kappa shape index (κ1) is 20.2. The van der Waals surface area contributed by atoms with Gasteiger partial charge in [-0.2, -0.15) is 0 Å². The van der Waals surface area contributed by atoms with E-state index in [-0.39, 0.29) is 24.0 Å². The number of carbonyl (C=O) groups excluding carboxylic acids is 2. The smallest absolute Gasteiger partial charge is 0.337 e. The molecule has 150 valence electrons. The number of allylic oxidation sites excluding steroid dienone is 3. The van der Waals surface area contributed by atoms with Gasteiger partial charge in [0.25, 0.3) is 0 Å². The zero-order valence-electron chi connectivity index (χ0n) is 17.3. The molecule has 1 aliphatic carbocycles. The van der Waals surface area contributed by atoms with Gasteiger partial charge in [0.1, 0.15) is 5.75 Å². The summed E-state index contributed by atoms with van der Waals surface area (Å²) in [5, 5.41) is 3.30. The Morgan fingerprint density at radius 2 is 1.75 bits per heavy atom. The van der Waals surface area contributed by atoms with Gasteiger partial charge in [0, 0.05) is 29.3 Å². The Hall–Kier alpha value is -2.56. The monoisotopic (exact) mass is 383 g/mol. The van der Waals surface area contributed by atoms with Gasteiger partial charge in [0.2, 0.25) is 0 Å². The molecule has 1 atom stereocenters. The molecule has 5 nitrogen and oxygen atoms in total. The lowest BCUT2D eigenvalue weighted by atomic mass is 9.75. The van der Waals surface area contributed by atoms with E-state index in [0.29, 0.717) is 17.6 Å². The van der Waals surface area contributed by atoms with E-state index in [1.165, 1.54) is 0 Å². The first-order valence-electron chi connectivity index (χ1n) is 9.99. The quantitative estimate of drug-likeness (QED) is 0.764. The zero-order chi connectivity index (χ0) is 20.4. The van der Waals surface area contributed by atoms with E-state index in [1.54, 1.807) is 0 Å². The minimum absolute atomic E-state index is 0.0812. The van der Waals surface area contributed by atoms with Crippen LogP contribution in [0.1, 0.15) is 65.4 Å². The van der Waals surface area contributed by atoms with Crippen LogP contribution in [0.15, 0.2) is 46.8 Å². The van der Waals surface area contributed by atoms with Crippen LogP contribution >= 0.6 is 0 Å². The Morgan fingerprint density at radius 1 is 1.07 bits per heavy atom. The average molecular weight is 383 g/mol. The first-order chi connectivity index (χ1) is 13.3. The highest BCUT2D eigenvalue weighted by molar-refractivity contribution is 6.03. The summed E-state index contributed by atoms with van der Waals surface area (Å²) in [6.45, 7) is 9.49. The van der Waals surface area contributed by atoms with Crippen molar-refractivity contribution in [3.8, 4) is 5.75 Å². The van der Waals surface area contributed by atoms with Crippen LogP contribution in [0.2, 0.25) is 0 Å². The van der Waals surface area contributed by atoms with E-state index in [2.05, 4.69) is 5.32 Å². The van der Waals surface area contributed by atoms with Crippen LogP contribution in [-0.2, 0) is 14.3 Å². The lowest BCUT2D eigenvalue weighted by molar-refractivity contribution is -0.143. The van der Waals surface area contributed by atoms with Gasteiger partial charge in [-0.05, 0) is 65.2 Å². The summed E-state index contributed by atoms with van der Waals surface area (Å²) in [6, 6.07) is 7.67. The molecule has 2 aliphatic rings. The summed E-state index contributed by atoms with van der Waals surface area (Å²) in [7, 11) is 0. The SMILES string of the molecule is CC1=C(C(=O)OC(C)C)[C@@H](c2ccc(OC(C)C)cc2)C2=C(CCCC2=O)N1. The molecule has 1 aliphatic heterocycles. The molecule has 1 aromatic carbocycles. The van der Waals surface area contributed by atoms with Crippen molar-refractivity contribution in [1.82, 2.24) is 5.32 Å². The number of ether oxygens (including phenoxy) is 2. The summed E-state index contributed by atoms with van der Waals surface area (Å²) in [6.07, 6.45) is 2.01. The summed E-state index contributed by atoms with van der Waals surface area (Å²) in [4.78, 5) is 25.7. The van der Waals surface area contributed by atoms with Crippen LogP contribution in [0.5, 0.6) is 5.75 Å². The van der Waals surface area contributed by atoms with Crippen molar-refractivity contribution in [3.63, 3.8) is 0 Å². The maximum Gasteiger partial charge on any atom is 0.337 e. The molecule has 0 aromatic heterocycles. The standard InChI is InChI=1S/C23H29NO4/c1-13(2)27-17-11-9-16(10-12-17)21-20(23(26)28-14(3)4)15(5)24-18-7-6-8-19(25)22(18)21/h9-14,21,24H,6-8H2,1-5H3/t21-/m1/s1. The van der Waals surface area contributed by atoms with Crippen molar-refractivity contribution in [1.29, 1.82) is 0 Å². The number of benzene rings is 1. The van der Waals surface area contributed by atoms with Crippen LogP contribution in [0.25, 0.3) is 0 Å². The second-order valence-electron chi connectivity index (χ2n) is 7.96. The number of hydrogen-bond acceptors (Lipinski definition) is 5. The number of carbonyl (C=O) groups is 2. The Labute approximate surface area is 166 Å². The molecule has 28 heavy (non-hydrogen) atoms. The maximum absolute atomic E-state index is 12.9. The molecule has 0 saturated carbocycles. The summed E-state index contributed by atoms with van der Waals surface area (Å²) in [5.74, 6) is 0.0771. The van der Waals surface area contributed by atoms with Crippen molar-refractivity contribution < 1.29 is 19.1 Å². The topological polar surface area (TPSA) is 64.6 Å². The van der Waals surface area contributed by atoms with E-state index in [4.69, 9.17) is 9.47 Å². The van der Waals surface area contributed by atoms with E-state index >= 15 is 0 Å². The molecule has 0 radical (unpaired) electrons. The molecule has 0 spiro atoms. The molecule has 3 rings (SSSR count). The lowest BCUT2D eigenvalue weighted by Gasteiger charge is -2.34. The fourth-order valence-electron chi connectivity index (χ4n) is 3.88. The summed E-state index contributed by atoms with van der Waals surface area (Å²) >= 11 is 0. The highest BCUT2D eigenvalue weighted by atomic mass is 16.5. The van der Waals surface area contributed by atoms with Gasteiger partial charge < -0.3 is 14.8 Å². The normalized spacial score (nSPS) is 19.7. The molecule has 0 amide bonds. The second-order valence-corrected chi connectivity index (χ2v) is 7.96. The van der Waals surface area contributed by atoms with Gasteiger partial charge in [-0.1, -0.05) is 12.1 Å². The number of dihydropyridines is 1. The minimum Gasteiger partial charge on any atom is -0.491 e. The largest absolute Gasteiger partial charge is 0.491 e. The first-order valence-corrected chi connectivity index (χ1v) is 9.99. The summed E-state index contributed by atoms with van der Waals surface area (Å²) in [5.41, 5.74) is 3.80. The van der Waals surface area contributed by atoms with Crippen LogP contribution in [0.3, 0.4) is 0 Å². The molecule has 0 bridgehead atoms. The van der Waals surface area contributed by atoms with Gasteiger partial charge in [-0.3, -0.25) is 4.79 Å². The van der Waals surface area contributed by atoms with Gasteiger partial charge in [-0.25, -0.2) is 4.79 Å². The van der Waals surface area contributed by atoms with Crippen LogP contribution in [-0.4, -0.2) is 24.0 Å². The predicted octanol–water partition coefficient (Wildman–Crippen LogP) is 4.39. The van der Waals surface area contributed by atoms with E-state index in [1.807, 2.05) is 58.9 Å². The highest BCUT2D eigenvalue weighted by Crippen LogP contribution is 2.42. The number of nitrogens with one attached hydrogen (secondary N) is 1. The number of ketones is 1. The number of esters is 1. The van der Waals surface area contributed by atoms with Gasteiger partial charge in [0.05, 0.1) is 17.8 Å². The number of Topliss-reactive ketones (excluding diaryl/α,β-unsaturated/α-hetero) is 1. The predicted molar refractivity (Wildman–Crippen MR) is 108 cm³/mol. The van der Waals surface area contributed by atoms with Crippen LogP contribution < -0.4 is 10.1 Å². The van der Waals surface area contributed by atoms with E-state index in [9.17, 15) is 9.59 Å². The third-order valence-corrected chi connectivity index (χ3v) is 4.92. The zero-order valence-corrected chi connectivity index (χ0v) is 17.3. The van der Waals surface area contributed by atoms with Gasteiger partial charge >= 0.3 is 5.97 Å². The maximum atomic E-state index is 12.9. The summed E-state index contributed by atoms with van der Waals surface area (Å²) < 4.78 is 11.2. The average Bonchev–Trinajstić information content (AvgIpc) is 2.60. The molecule has 0 unspecified atom stereocenters. The van der Waals surface area contributed by atoms with E-state index < -0.39 is 5.92 Å². The molecule has 5 heteroatoms. The van der Waals surface area contributed by atoms with E-state index in [0.717, 1.165) is 35.5 Å². The minimum atomic E-state index is -0.414. The second kappa shape index (κ2) is 8.21. The van der Waals surface area contributed by atoms with Crippen LogP contribution in [0, 0.1) is 0 Å². The van der Waals surface area contributed by atoms with Crippen molar-refractivity contribution in [3.05, 3.63) is 52.4 Å². The molecular formula is C23H29NO4. The Bertz CT molecular complexity index is 831. The number of rotatable bonds is 5.